The van der Waals surface area contributed by atoms with E-state index in [4.69, 9.17) is 20.8 Å². The van der Waals surface area contributed by atoms with E-state index in [0.717, 1.165) is 45.6 Å². The van der Waals surface area contributed by atoms with Gasteiger partial charge < -0.3 is 62.8 Å². The molecule has 5 aromatic carbocycles. The van der Waals surface area contributed by atoms with Crippen molar-refractivity contribution in [3.05, 3.63) is 138 Å². The Bertz CT molecular complexity index is 3260. The first-order valence-corrected chi connectivity index (χ1v) is 31.1. The molecule has 0 bridgehead atoms. The minimum absolute atomic E-state index is 0.0140. The summed E-state index contributed by atoms with van der Waals surface area (Å²) in [5.41, 5.74) is 18.0. The number of phenolic OH excluding ortho intramolecular Hbond substituents is 1. The number of hydrogen-bond donors (Lipinski definition) is 10. The lowest BCUT2D eigenvalue weighted by molar-refractivity contribution is -0.144. The maximum atomic E-state index is 14.5. The van der Waals surface area contributed by atoms with Crippen LogP contribution in [0.15, 0.2) is 126 Å². The van der Waals surface area contributed by atoms with E-state index in [0.29, 0.717) is 32.4 Å². The molecule has 0 saturated carbocycles. The first-order chi connectivity index (χ1) is 41.6. The van der Waals surface area contributed by atoms with Gasteiger partial charge in [0, 0.05) is 31.2 Å². The molecule has 23 heteroatoms. The minimum atomic E-state index is -4.02. The lowest BCUT2D eigenvalue weighted by atomic mass is 9.99. The van der Waals surface area contributed by atoms with Crippen molar-refractivity contribution in [3.63, 3.8) is 0 Å². The Labute approximate surface area is 507 Å². The quantitative estimate of drug-likeness (QED) is 0.0487. The van der Waals surface area contributed by atoms with E-state index in [1.54, 1.807) is 48.5 Å². The molecule has 12 N–H and O–H groups in total. The molecule has 3 aliphatic heterocycles. The van der Waals surface area contributed by atoms with Crippen LogP contribution in [0.1, 0.15) is 99.5 Å². The molecule has 5 aromatic rings. The highest BCUT2D eigenvalue weighted by atomic mass is 32.2. The third-order valence-corrected chi connectivity index (χ3v) is 16.5. The third-order valence-electron chi connectivity index (χ3n) is 15.6. The zero-order chi connectivity index (χ0) is 62.8. The average molecular weight is 1220 g/mol. The van der Waals surface area contributed by atoms with Gasteiger partial charge in [0.05, 0.1) is 17.6 Å². The molecule has 0 aromatic heterocycles. The highest BCUT2D eigenvalue weighted by Crippen LogP contribution is 2.28. The number of nitrogens with one attached hydrogen (secondary N) is 5. The van der Waals surface area contributed by atoms with Gasteiger partial charge in [0.15, 0.2) is 0 Å². The monoisotopic (exact) mass is 1220 g/mol. The van der Waals surface area contributed by atoms with E-state index in [1.807, 2.05) is 55.5 Å². The van der Waals surface area contributed by atoms with Gasteiger partial charge in [-0.2, -0.15) is 8.42 Å². The number of fused-ring (bicyclic) bond motifs is 2. The highest BCUT2D eigenvalue weighted by Gasteiger charge is 2.43. The van der Waals surface area contributed by atoms with Crippen LogP contribution in [0.25, 0.3) is 22.3 Å². The van der Waals surface area contributed by atoms with Crippen LogP contribution in [0, 0.1) is 6.92 Å². The van der Waals surface area contributed by atoms with Crippen LogP contribution in [-0.2, 0) is 45.3 Å². The number of nitrogens with two attached hydrogens (primary N) is 2. The van der Waals surface area contributed by atoms with Crippen molar-refractivity contribution >= 4 is 51.5 Å². The smallest absolute Gasteiger partial charge is 0.294 e. The number of ether oxygens (including phenoxy) is 1. The normalized spacial score (nSPS) is 22.0. The molecule has 0 spiro atoms. The van der Waals surface area contributed by atoms with Gasteiger partial charge >= 0.3 is 0 Å². The van der Waals surface area contributed by atoms with Gasteiger partial charge in [-0.15, -0.1) is 0 Å². The molecular formula is C64H81N9O13S. The van der Waals surface area contributed by atoms with Gasteiger partial charge in [0.1, 0.15) is 47.8 Å². The molecule has 3 aliphatic rings. The number of carbonyl (C=O) groups is 7. The van der Waals surface area contributed by atoms with E-state index in [1.165, 1.54) is 41.0 Å². The summed E-state index contributed by atoms with van der Waals surface area (Å²) < 4.78 is 35.3. The standard InChI is InChI=1S/C57H73N9O10.C7H8O3S/c1-3-32-76-44-26-22-40(23-27-44)38-16-14-37(15-17-38)39-18-20-41(21-19-39)51(69)61-45-9-6-30-60-54(72)49-33-42(59)34-66(49)56(74)47(8-4-5-29-58)63-52(70)46(28-13-36-11-24-43(68)25-12-36)62-55(73)48-10-7-31-65(48)57(75)50(35(2)67)64-53(45)71;1-6-2-4-7(5-3-6)11(8,9)10/h11-12,14-27,35,42,45-50,67-68H,3-10,13,28-34,58-59H2,1-2H3,(H,60,72)(H,61,69)(H,62,73)(H,63,70)(H,64,71);2-5H,1H3,(H,8,9,10)/t35-,42+,45+,46+,47+,48+,49+,50+;/m1./s1. The van der Waals surface area contributed by atoms with Crippen LogP contribution in [0.2, 0.25) is 0 Å². The van der Waals surface area contributed by atoms with Crippen LogP contribution in [0.4, 0.5) is 0 Å². The number of aryl methyl sites for hydroxylation is 2. The second-order valence-corrected chi connectivity index (χ2v) is 23.7. The number of aromatic hydroxyl groups is 1. The van der Waals surface area contributed by atoms with Gasteiger partial charge in [-0.05, 0) is 167 Å². The summed E-state index contributed by atoms with van der Waals surface area (Å²) >= 11 is 0. The van der Waals surface area contributed by atoms with Crippen molar-refractivity contribution in [2.24, 2.45) is 11.5 Å². The Morgan fingerprint density at radius 1 is 0.713 bits per heavy atom. The zero-order valence-corrected chi connectivity index (χ0v) is 50.2. The lowest BCUT2D eigenvalue weighted by Crippen LogP contribution is -2.61. The Morgan fingerprint density at radius 3 is 1.92 bits per heavy atom. The van der Waals surface area contributed by atoms with Crippen molar-refractivity contribution < 1.29 is 61.5 Å². The second kappa shape index (κ2) is 31.4. The number of aliphatic hydroxyl groups is 1. The molecule has 8 atom stereocenters. The molecule has 22 nitrogen and oxygen atoms in total. The van der Waals surface area contributed by atoms with Crippen molar-refractivity contribution in [3.8, 4) is 33.8 Å². The Morgan fingerprint density at radius 2 is 1.32 bits per heavy atom. The molecule has 3 saturated heterocycles. The van der Waals surface area contributed by atoms with Gasteiger partial charge in [0.2, 0.25) is 35.4 Å². The van der Waals surface area contributed by atoms with Crippen LogP contribution in [0.3, 0.4) is 0 Å². The van der Waals surface area contributed by atoms with E-state index >= 15 is 0 Å². The molecule has 3 heterocycles. The number of unbranched alkanes of at least 4 members (excludes halogenated alkanes) is 1. The van der Waals surface area contributed by atoms with Crippen molar-refractivity contribution in [2.75, 3.05) is 32.8 Å². The first-order valence-electron chi connectivity index (χ1n) is 29.6. The van der Waals surface area contributed by atoms with Gasteiger partial charge in [-0.25, -0.2) is 0 Å². The Kier molecular flexibility index (Phi) is 24.0. The van der Waals surface area contributed by atoms with Crippen LogP contribution < -0.4 is 42.8 Å². The van der Waals surface area contributed by atoms with Gasteiger partial charge in [-0.1, -0.05) is 85.3 Å². The number of nitrogens with zero attached hydrogens (tertiary/aromatic N) is 2. The van der Waals surface area contributed by atoms with E-state index in [2.05, 4.69) is 33.5 Å². The number of hydrogen-bond acceptors (Lipinski definition) is 14. The molecule has 0 aliphatic carbocycles. The Balaban J connectivity index is 0.000000883. The number of rotatable bonds is 16. The number of phenols is 1. The Hall–Kier alpha value is -8.22. The summed E-state index contributed by atoms with van der Waals surface area (Å²) in [5, 5.41) is 35.0. The van der Waals surface area contributed by atoms with Crippen molar-refractivity contribution in [1.29, 1.82) is 0 Å². The topological polar surface area (TPSA) is 342 Å². The first kappa shape index (κ1) is 66.3. The van der Waals surface area contributed by atoms with Gasteiger partial charge in [-0.3, -0.25) is 38.1 Å². The van der Waals surface area contributed by atoms with Crippen molar-refractivity contribution in [2.45, 2.75) is 145 Å². The highest BCUT2D eigenvalue weighted by molar-refractivity contribution is 7.85. The number of carbonyl (C=O) groups excluding carboxylic acids is 7. The fourth-order valence-electron chi connectivity index (χ4n) is 10.7. The summed E-state index contributed by atoms with van der Waals surface area (Å²) in [6.07, 6.45) is 1.95. The predicted octanol–water partition coefficient (Wildman–Crippen LogP) is 4.28. The van der Waals surface area contributed by atoms with E-state index in [-0.39, 0.29) is 80.8 Å². The molecule has 0 radical (unpaired) electrons. The fourth-order valence-corrected chi connectivity index (χ4v) is 11.2. The third kappa shape index (κ3) is 18.6. The van der Waals surface area contributed by atoms with E-state index < -0.39 is 99.9 Å². The molecule has 466 valence electrons. The average Bonchev–Trinajstić information content (AvgIpc) is 4.08. The summed E-state index contributed by atoms with van der Waals surface area (Å²) in [5.74, 6) is -3.58. The lowest BCUT2D eigenvalue weighted by Gasteiger charge is -2.32. The molecule has 3 fully saturated rings. The van der Waals surface area contributed by atoms with E-state index in [9.17, 15) is 52.2 Å². The second-order valence-electron chi connectivity index (χ2n) is 22.3. The molecule has 87 heavy (non-hydrogen) atoms. The summed E-state index contributed by atoms with van der Waals surface area (Å²) in [7, 11) is -4.02. The largest absolute Gasteiger partial charge is 0.508 e. The predicted molar refractivity (Wildman–Crippen MR) is 327 cm³/mol. The zero-order valence-electron chi connectivity index (χ0n) is 49.4. The number of aliphatic hydroxyl groups excluding tert-OH is 1. The molecule has 7 amide bonds. The SMILES string of the molecule is CCCOc1ccc(-c2ccc(-c3ccc(C(=O)N[C@H]4CCCNC(=O)[C@@H]5C[C@H](N)CN5C(=O)[C@H](CCCCN)NC(=O)[C@H](CCc5ccc(O)cc5)NC(=O)[C@@H]5CCCN5C(=O)[C@H]([C@@H](C)O)NC4=O)cc3)cc2)cc1.Cc1ccc(S(=O)(=O)O)cc1. The van der Waals surface area contributed by atoms with Crippen LogP contribution in [0.5, 0.6) is 11.5 Å². The maximum absolute atomic E-state index is 14.5. The number of benzene rings is 5. The van der Waals surface area contributed by atoms with Crippen LogP contribution in [-0.4, -0.2) is 156 Å². The van der Waals surface area contributed by atoms with Crippen molar-refractivity contribution in [1.82, 2.24) is 36.4 Å². The number of amides is 7. The summed E-state index contributed by atoms with van der Waals surface area (Å²) in [6.45, 7) is 6.41. The molecule has 0 unspecified atom stereocenters. The summed E-state index contributed by atoms with van der Waals surface area (Å²) in [4.78, 5) is 102. The van der Waals surface area contributed by atoms with Crippen LogP contribution >= 0.6 is 0 Å². The fraction of sp³-hybridized carbons (Fsp3) is 0.422. The molecular weight excluding hydrogens is 1130 g/mol. The minimum Gasteiger partial charge on any atom is -0.508 e. The molecule has 8 rings (SSSR count). The van der Waals surface area contributed by atoms with Gasteiger partial charge in [0.25, 0.3) is 16.0 Å². The summed E-state index contributed by atoms with van der Waals surface area (Å²) in [6, 6.07) is 27.5. The maximum Gasteiger partial charge on any atom is 0.294 e.